The van der Waals surface area contributed by atoms with Gasteiger partial charge in [0.05, 0.1) is 18.7 Å². The minimum atomic E-state index is -0.187. The molecule has 2 aromatic rings. The van der Waals surface area contributed by atoms with Crippen molar-refractivity contribution in [1.82, 2.24) is 10.6 Å². The van der Waals surface area contributed by atoms with E-state index in [1.54, 1.807) is 13.2 Å². The zero-order valence-electron chi connectivity index (χ0n) is 14.3. The van der Waals surface area contributed by atoms with Crippen molar-refractivity contribution in [2.45, 2.75) is 12.8 Å². The topological polar surface area (TPSA) is 59.6 Å². The van der Waals surface area contributed by atoms with Gasteiger partial charge in [0.1, 0.15) is 11.5 Å². The van der Waals surface area contributed by atoms with Gasteiger partial charge < -0.3 is 20.1 Å². The van der Waals surface area contributed by atoms with Gasteiger partial charge in [-0.2, -0.15) is 0 Å². The average molecular weight is 363 g/mol. The zero-order valence-corrected chi connectivity index (χ0v) is 15.0. The van der Waals surface area contributed by atoms with Crippen molar-refractivity contribution < 1.29 is 14.3 Å². The van der Waals surface area contributed by atoms with Gasteiger partial charge in [0, 0.05) is 13.1 Å². The van der Waals surface area contributed by atoms with E-state index >= 15 is 0 Å². The second kappa shape index (κ2) is 10.5. The summed E-state index contributed by atoms with van der Waals surface area (Å²) >= 11 is 6.00. The molecule has 0 aliphatic rings. The first kappa shape index (κ1) is 18.9. The average Bonchev–Trinajstić information content (AvgIpc) is 2.63. The number of amides is 2. The number of carbonyl (C=O) groups is 1. The number of carbonyl (C=O) groups excluding carboxylic acids is 1. The molecule has 0 radical (unpaired) electrons. The van der Waals surface area contributed by atoms with Gasteiger partial charge in [-0.15, -0.1) is 0 Å². The minimum absolute atomic E-state index is 0.187. The Balaban J connectivity index is 1.57. The van der Waals surface area contributed by atoms with Crippen LogP contribution in [0, 0.1) is 0 Å². The summed E-state index contributed by atoms with van der Waals surface area (Å²) in [6.45, 7) is 1.57. The summed E-state index contributed by atoms with van der Waals surface area (Å²) in [5.41, 5.74) is 1.07. The van der Waals surface area contributed by atoms with E-state index in [0.29, 0.717) is 43.3 Å². The molecule has 25 heavy (non-hydrogen) atoms. The van der Waals surface area contributed by atoms with Crippen LogP contribution in [0.2, 0.25) is 5.02 Å². The first-order valence-corrected chi connectivity index (χ1v) is 8.59. The molecule has 2 amide bonds. The van der Waals surface area contributed by atoms with Crippen LogP contribution in [0.15, 0.2) is 48.5 Å². The molecule has 2 N–H and O–H groups in total. The Hall–Kier alpha value is -2.40. The molecule has 0 aromatic heterocycles. The van der Waals surface area contributed by atoms with Crippen molar-refractivity contribution in [1.29, 1.82) is 0 Å². The van der Waals surface area contributed by atoms with Gasteiger partial charge in [-0.3, -0.25) is 0 Å². The fraction of sp³-hybridized carbons (Fsp3) is 0.316. The summed E-state index contributed by atoms with van der Waals surface area (Å²) in [7, 11) is 1.64. The summed E-state index contributed by atoms with van der Waals surface area (Å²) in [5, 5.41) is 6.22. The molecule has 0 saturated heterocycles. The second-order valence-corrected chi connectivity index (χ2v) is 5.78. The van der Waals surface area contributed by atoms with E-state index in [1.165, 1.54) is 0 Å². The maximum absolute atomic E-state index is 11.8. The van der Waals surface area contributed by atoms with E-state index in [9.17, 15) is 4.79 Å². The van der Waals surface area contributed by atoms with Crippen molar-refractivity contribution in [3.8, 4) is 11.5 Å². The molecule has 0 aliphatic carbocycles. The first-order chi connectivity index (χ1) is 12.2. The third kappa shape index (κ3) is 6.55. The van der Waals surface area contributed by atoms with Crippen molar-refractivity contribution in [2.24, 2.45) is 0 Å². The van der Waals surface area contributed by atoms with Crippen molar-refractivity contribution in [3.63, 3.8) is 0 Å². The summed E-state index contributed by atoms with van der Waals surface area (Å²) in [6.07, 6.45) is 1.41. The number of methoxy groups -OCH3 is 1. The number of hydrogen-bond donors (Lipinski definition) is 2. The van der Waals surface area contributed by atoms with Crippen LogP contribution in [-0.2, 0) is 6.42 Å². The molecule has 0 spiro atoms. The van der Waals surface area contributed by atoms with Gasteiger partial charge in [0.15, 0.2) is 0 Å². The molecule has 2 rings (SSSR count). The van der Waals surface area contributed by atoms with Gasteiger partial charge in [0.25, 0.3) is 0 Å². The summed E-state index contributed by atoms with van der Waals surface area (Å²) in [6, 6.07) is 14.9. The first-order valence-electron chi connectivity index (χ1n) is 8.21. The Morgan fingerprint density at radius 1 is 1.00 bits per heavy atom. The van der Waals surface area contributed by atoms with E-state index in [0.717, 1.165) is 11.3 Å². The molecule has 0 bridgehead atoms. The molecule has 134 valence electrons. The molecule has 0 fully saturated rings. The van der Waals surface area contributed by atoms with E-state index in [4.69, 9.17) is 21.1 Å². The molecule has 0 atom stereocenters. The Bertz CT molecular complexity index is 679. The van der Waals surface area contributed by atoms with Crippen LogP contribution in [0.5, 0.6) is 11.5 Å². The van der Waals surface area contributed by atoms with Gasteiger partial charge in [-0.05, 0) is 36.6 Å². The van der Waals surface area contributed by atoms with Crippen molar-refractivity contribution in [2.75, 3.05) is 26.8 Å². The van der Waals surface area contributed by atoms with Crippen molar-refractivity contribution >= 4 is 17.6 Å². The third-order valence-electron chi connectivity index (χ3n) is 3.57. The second-order valence-electron chi connectivity index (χ2n) is 5.38. The lowest BCUT2D eigenvalue weighted by Crippen LogP contribution is -2.37. The Morgan fingerprint density at radius 2 is 1.68 bits per heavy atom. The lowest BCUT2D eigenvalue weighted by molar-refractivity contribution is 0.239. The number of hydrogen-bond acceptors (Lipinski definition) is 3. The zero-order chi connectivity index (χ0) is 17.9. The number of nitrogens with one attached hydrogen (secondary N) is 2. The fourth-order valence-electron chi connectivity index (χ4n) is 2.30. The van der Waals surface area contributed by atoms with Crippen LogP contribution in [-0.4, -0.2) is 32.8 Å². The molecular weight excluding hydrogens is 340 g/mol. The van der Waals surface area contributed by atoms with Gasteiger partial charge in [0.2, 0.25) is 0 Å². The Kier molecular flexibility index (Phi) is 7.92. The summed E-state index contributed by atoms with van der Waals surface area (Å²) in [5.74, 6) is 1.49. The molecule has 0 unspecified atom stereocenters. The number of benzene rings is 2. The van der Waals surface area contributed by atoms with E-state index < -0.39 is 0 Å². The maximum atomic E-state index is 11.8. The quantitative estimate of drug-likeness (QED) is 0.669. The highest BCUT2D eigenvalue weighted by molar-refractivity contribution is 6.32. The molecule has 6 heteroatoms. The smallest absolute Gasteiger partial charge is 0.314 e. The van der Waals surface area contributed by atoms with Crippen LogP contribution in [0.3, 0.4) is 0 Å². The summed E-state index contributed by atoms with van der Waals surface area (Å²) in [4.78, 5) is 11.8. The predicted octanol–water partition coefficient (Wildman–Crippen LogP) is 3.66. The SMILES string of the molecule is COc1ccccc1CCNC(=O)NCCCOc1ccccc1Cl. The van der Waals surface area contributed by atoms with Gasteiger partial charge in [-0.25, -0.2) is 4.79 Å². The van der Waals surface area contributed by atoms with Crippen LogP contribution < -0.4 is 20.1 Å². The standard InChI is InChI=1S/C19H23ClN2O3/c1-24-17-9-4-2-7-15(17)11-13-22-19(23)21-12-6-14-25-18-10-5-3-8-16(18)20/h2-5,7-10H,6,11-14H2,1H3,(H2,21,22,23). The Labute approximate surface area is 153 Å². The number of para-hydroxylation sites is 2. The normalized spacial score (nSPS) is 10.2. The lowest BCUT2D eigenvalue weighted by Gasteiger charge is -2.10. The summed E-state index contributed by atoms with van der Waals surface area (Å²) < 4.78 is 10.9. The molecule has 5 nitrogen and oxygen atoms in total. The van der Waals surface area contributed by atoms with Crippen LogP contribution in [0.4, 0.5) is 4.79 Å². The fourth-order valence-corrected chi connectivity index (χ4v) is 2.49. The van der Waals surface area contributed by atoms with E-state index in [-0.39, 0.29) is 6.03 Å². The Morgan fingerprint density at radius 3 is 2.44 bits per heavy atom. The minimum Gasteiger partial charge on any atom is -0.496 e. The molecule has 2 aromatic carbocycles. The van der Waals surface area contributed by atoms with Crippen LogP contribution in [0.1, 0.15) is 12.0 Å². The molecular formula is C19H23ClN2O3. The largest absolute Gasteiger partial charge is 0.496 e. The number of rotatable bonds is 9. The highest BCUT2D eigenvalue weighted by Gasteiger charge is 2.04. The van der Waals surface area contributed by atoms with Crippen LogP contribution in [0.25, 0.3) is 0 Å². The van der Waals surface area contributed by atoms with Gasteiger partial charge in [-0.1, -0.05) is 41.9 Å². The highest BCUT2D eigenvalue weighted by atomic mass is 35.5. The molecule has 0 heterocycles. The number of ether oxygens (including phenoxy) is 2. The highest BCUT2D eigenvalue weighted by Crippen LogP contribution is 2.23. The van der Waals surface area contributed by atoms with E-state index in [2.05, 4.69) is 10.6 Å². The number of halogens is 1. The van der Waals surface area contributed by atoms with Gasteiger partial charge >= 0.3 is 6.03 Å². The van der Waals surface area contributed by atoms with Crippen molar-refractivity contribution in [3.05, 3.63) is 59.1 Å². The third-order valence-corrected chi connectivity index (χ3v) is 3.89. The predicted molar refractivity (Wildman–Crippen MR) is 99.7 cm³/mol. The maximum Gasteiger partial charge on any atom is 0.314 e. The molecule has 0 saturated carbocycles. The monoisotopic (exact) mass is 362 g/mol. The number of urea groups is 1. The van der Waals surface area contributed by atoms with Crippen LogP contribution >= 0.6 is 11.6 Å². The molecule has 0 aliphatic heterocycles. The lowest BCUT2D eigenvalue weighted by atomic mass is 10.1. The van der Waals surface area contributed by atoms with E-state index in [1.807, 2.05) is 42.5 Å².